The molecule has 1 atom stereocenters. The largest absolute Gasteiger partial charge is 0.390 e. The van der Waals surface area contributed by atoms with Crippen molar-refractivity contribution in [1.82, 2.24) is 9.97 Å². The van der Waals surface area contributed by atoms with Crippen molar-refractivity contribution in [2.45, 2.75) is 25.6 Å². The van der Waals surface area contributed by atoms with E-state index in [4.69, 9.17) is 9.84 Å². The first kappa shape index (κ1) is 12.8. The molecule has 0 unspecified atom stereocenters. The van der Waals surface area contributed by atoms with Crippen molar-refractivity contribution >= 4 is 0 Å². The molecule has 0 saturated heterocycles. The van der Waals surface area contributed by atoms with Crippen molar-refractivity contribution in [3.63, 3.8) is 0 Å². The lowest BCUT2D eigenvalue weighted by molar-refractivity contribution is 0.0955. The van der Waals surface area contributed by atoms with E-state index >= 15 is 0 Å². The number of hydrogen-bond donors (Lipinski definition) is 2. The fourth-order valence-corrected chi connectivity index (χ4v) is 1.97. The van der Waals surface area contributed by atoms with Crippen LogP contribution < -0.4 is 0 Å². The molecule has 0 radical (unpaired) electrons. The number of rotatable bonds is 6. The van der Waals surface area contributed by atoms with Gasteiger partial charge in [0, 0.05) is 13.5 Å². The molecular weight excluding hydrogens is 228 g/mol. The number of aliphatic hydroxyl groups is 1. The summed E-state index contributed by atoms with van der Waals surface area (Å²) in [6.45, 7) is -0.000604. The standard InChI is InChI=1S/C14H18N2O2/c1-18-13(11-5-3-2-4-6-11)7-8-14-15-9-12(10-17)16-14/h2-6,9,13,17H,7-8,10H2,1H3,(H,15,16)/t13-/m0/s1. The minimum absolute atomic E-state index is 0.000604. The van der Waals surface area contributed by atoms with Crippen LogP contribution in [-0.2, 0) is 17.8 Å². The maximum absolute atomic E-state index is 8.96. The molecule has 2 rings (SSSR count). The molecular formula is C14H18N2O2. The number of aryl methyl sites for hydroxylation is 1. The summed E-state index contributed by atoms with van der Waals surface area (Å²) >= 11 is 0. The highest BCUT2D eigenvalue weighted by Gasteiger charge is 2.11. The quantitative estimate of drug-likeness (QED) is 0.821. The molecule has 0 bridgehead atoms. The maximum atomic E-state index is 8.96. The summed E-state index contributed by atoms with van der Waals surface area (Å²) in [5.74, 6) is 0.886. The zero-order valence-corrected chi connectivity index (χ0v) is 10.5. The number of imidazole rings is 1. The molecule has 0 spiro atoms. The van der Waals surface area contributed by atoms with Gasteiger partial charge in [-0.15, -0.1) is 0 Å². The maximum Gasteiger partial charge on any atom is 0.106 e. The van der Waals surface area contributed by atoms with Gasteiger partial charge in [0.1, 0.15) is 5.82 Å². The summed E-state index contributed by atoms with van der Waals surface area (Å²) in [6.07, 6.45) is 3.40. The number of hydrogen-bond acceptors (Lipinski definition) is 3. The van der Waals surface area contributed by atoms with E-state index in [1.54, 1.807) is 13.3 Å². The number of nitrogens with zero attached hydrogens (tertiary/aromatic N) is 1. The van der Waals surface area contributed by atoms with E-state index in [9.17, 15) is 0 Å². The zero-order chi connectivity index (χ0) is 12.8. The van der Waals surface area contributed by atoms with Crippen LogP contribution in [-0.4, -0.2) is 22.2 Å². The molecule has 0 aliphatic heterocycles. The normalized spacial score (nSPS) is 12.6. The van der Waals surface area contributed by atoms with Crippen LogP contribution in [0.4, 0.5) is 0 Å². The summed E-state index contributed by atoms with van der Waals surface area (Å²) in [4.78, 5) is 7.29. The van der Waals surface area contributed by atoms with E-state index < -0.39 is 0 Å². The van der Waals surface area contributed by atoms with Crippen molar-refractivity contribution in [2.24, 2.45) is 0 Å². The van der Waals surface area contributed by atoms with E-state index in [1.165, 1.54) is 5.56 Å². The number of H-pyrrole nitrogens is 1. The lowest BCUT2D eigenvalue weighted by Crippen LogP contribution is -2.04. The van der Waals surface area contributed by atoms with Gasteiger partial charge >= 0.3 is 0 Å². The molecule has 0 fully saturated rings. The summed E-state index contributed by atoms with van der Waals surface area (Å²) < 4.78 is 5.50. The fourth-order valence-electron chi connectivity index (χ4n) is 1.97. The van der Waals surface area contributed by atoms with Gasteiger partial charge in [0.05, 0.1) is 24.6 Å². The topological polar surface area (TPSA) is 58.1 Å². The van der Waals surface area contributed by atoms with Gasteiger partial charge in [-0.05, 0) is 12.0 Å². The van der Waals surface area contributed by atoms with Gasteiger partial charge in [0.15, 0.2) is 0 Å². The van der Waals surface area contributed by atoms with E-state index in [1.807, 2.05) is 18.2 Å². The molecule has 4 nitrogen and oxygen atoms in total. The molecule has 1 heterocycles. The average Bonchev–Trinajstić information content (AvgIpc) is 2.89. The molecule has 2 N–H and O–H groups in total. The number of aromatic amines is 1. The van der Waals surface area contributed by atoms with Gasteiger partial charge in [-0.3, -0.25) is 0 Å². The molecule has 96 valence electrons. The van der Waals surface area contributed by atoms with E-state index in [2.05, 4.69) is 22.1 Å². The van der Waals surface area contributed by atoms with E-state index in [0.29, 0.717) is 0 Å². The van der Waals surface area contributed by atoms with E-state index in [0.717, 1.165) is 24.4 Å². The van der Waals surface area contributed by atoms with Crippen LogP contribution in [0.25, 0.3) is 0 Å². The highest BCUT2D eigenvalue weighted by Crippen LogP contribution is 2.21. The third kappa shape index (κ3) is 3.18. The summed E-state index contributed by atoms with van der Waals surface area (Å²) in [6, 6.07) is 10.2. The van der Waals surface area contributed by atoms with Crippen molar-refractivity contribution < 1.29 is 9.84 Å². The number of aromatic nitrogens is 2. The Labute approximate surface area is 107 Å². The van der Waals surface area contributed by atoms with E-state index in [-0.39, 0.29) is 12.7 Å². The SMILES string of the molecule is CO[C@@H](CCc1ncc(CO)[nH]1)c1ccccc1. The smallest absolute Gasteiger partial charge is 0.106 e. The first-order valence-corrected chi connectivity index (χ1v) is 6.05. The fraction of sp³-hybridized carbons (Fsp3) is 0.357. The third-order valence-corrected chi connectivity index (χ3v) is 2.95. The molecule has 1 aromatic heterocycles. The highest BCUT2D eigenvalue weighted by atomic mass is 16.5. The van der Waals surface area contributed by atoms with Crippen LogP contribution in [0.2, 0.25) is 0 Å². The van der Waals surface area contributed by atoms with Gasteiger partial charge < -0.3 is 14.8 Å². The van der Waals surface area contributed by atoms with Crippen molar-refractivity contribution in [2.75, 3.05) is 7.11 Å². The Morgan fingerprint density at radius 2 is 2.11 bits per heavy atom. The van der Waals surface area contributed by atoms with Crippen LogP contribution in [0.15, 0.2) is 36.5 Å². The molecule has 0 aliphatic carbocycles. The summed E-state index contributed by atoms with van der Waals surface area (Å²) in [5.41, 5.74) is 1.92. The first-order chi connectivity index (χ1) is 8.83. The Kier molecular flexibility index (Phi) is 4.50. The predicted molar refractivity (Wildman–Crippen MR) is 69.0 cm³/mol. The summed E-state index contributed by atoms with van der Waals surface area (Å²) in [5, 5.41) is 8.96. The number of methoxy groups -OCH3 is 1. The molecule has 2 aromatic rings. The van der Waals surface area contributed by atoms with Crippen molar-refractivity contribution in [3.05, 3.63) is 53.6 Å². The molecule has 0 aliphatic rings. The Balaban J connectivity index is 1.95. The third-order valence-electron chi connectivity index (χ3n) is 2.95. The predicted octanol–water partition coefficient (Wildman–Crippen LogP) is 2.22. The van der Waals surface area contributed by atoms with Gasteiger partial charge in [0.25, 0.3) is 0 Å². The molecule has 1 aromatic carbocycles. The first-order valence-electron chi connectivity index (χ1n) is 6.05. The Bertz CT molecular complexity index is 468. The van der Waals surface area contributed by atoms with Crippen LogP contribution in [0.3, 0.4) is 0 Å². The van der Waals surface area contributed by atoms with Crippen LogP contribution in [0.1, 0.15) is 29.6 Å². The average molecular weight is 246 g/mol. The zero-order valence-electron chi connectivity index (χ0n) is 10.5. The monoisotopic (exact) mass is 246 g/mol. The lowest BCUT2D eigenvalue weighted by atomic mass is 10.0. The summed E-state index contributed by atoms with van der Waals surface area (Å²) in [7, 11) is 1.72. The van der Waals surface area contributed by atoms with Gasteiger partial charge in [0.2, 0.25) is 0 Å². The number of benzene rings is 1. The minimum atomic E-state index is -0.000604. The number of aliphatic hydroxyl groups excluding tert-OH is 1. The lowest BCUT2D eigenvalue weighted by Gasteiger charge is -2.14. The number of nitrogens with one attached hydrogen (secondary N) is 1. The second-order valence-corrected chi connectivity index (χ2v) is 4.19. The number of ether oxygens (including phenoxy) is 1. The van der Waals surface area contributed by atoms with Crippen LogP contribution in [0.5, 0.6) is 0 Å². The Hall–Kier alpha value is -1.65. The highest BCUT2D eigenvalue weighted by molar-refractivity contribution is 5.17. The Morgan fingerprint density at radius 1 is 1.33 bits per heavy atom. The van der Waals surface area contributed by atoms with Gasteiger partial charge in [-0.25, -0.2) is 4.98 Å². The van der Waals surface area contributed by atoms with Crippen molar-refractivity contribution in [1.29, 1.82) is 0 Å². The molecule has 0 amide bonds. The molecule has 0 saturated carbocycles. The second kappa shape index (κ2) is 6.33. The minimum Gasteiger partial charge on any atom is -0.390 e. The molecule has 18 heavy (non-hydrogen) atoms. The van der Waals surface area contributed by atoms with Gasteiger partial charge in [-0.1, -0.05) is 30.3 Å². The van der Waals surface area contributed by atoms with Crippen LogP contribution in [0, 0.1) is 0 Å². The van der Waals surface area contributed by atoms with Gasteiger partial charge in [-0.2, -0.15) is 0 Å². The van der Waals surface area contributed by atoms with Crippen molar-refractivity contribution in [3.8, 4) is 0 Å². The molecule has 4 heteroatoms. The van der Waals surface area contributed by atoms with Crippen LogP contribution >= 0.6 is 0 Å². The Morgan fingerprint density at radius 3 is 2.72 bits per heavy atom. The second-order valence-electron chi connectivity index (χ2n) is 4.19.